The second-order valence-electron chi connectivity index (χ2n) is 6.43. The fourth-order valence-electron chi connectivity index (χ4n) is 2.06. The summed E-state index contributed by atoms with van der Waals surface area (Å²) in [6.07, 6.45) is 2.04. The van der Waals surface area contributed by atoms with E-state index in [1.54, 1.807) is 25.3 Å². The molecule has 2 amide bonds. The van der Waals surface area contributed by atoms with Crippen LogP contribution in [0, 0.1) is 11.3 Å². The van der Waals surface area contributed by atoms with E-state index in [2.05, 4.69) is 25.6 Å². The van der Waals surface area contributed by atoms with Crippen molar-refractivity contribution >= 4 is 29.0 Å². The Hall–Kier alpha value is -3.42. The first-order valence-corrected chi connectivity index (χ1v) is 7.76. The molecule has 0 saturated carbocycles. The molecule has 0 fully saturated rings. The van der Waals surface area contributed by atoms with Crippen molar-refractivity contribution in [1.29, 1.82) is 5.26 Å². The fraction of sp³-hybridized carbons (Fsp3) is 0.467. The summed E-state index contributed by atoms with van der Waals surface area (Å²) in [6.45, 7) is 4.94. The van der Waals surface area contributed by atoms with Gasteiger partial charge in [-0.25, -0.2) is 19.7 Å². The molecule has 2 rings (SSSR count). The minimum atomic E-state index is -0.850. The molecule has 0 aromatic carbocycles. The van der Waals surface area contributed by atoms with Crippen molar-refractivity contribution in [3.63, 3.8) is 0 Å². The van der Waals surface area contributed by atoms with Crippen LogP contribution in [0.4, 0.5) is 10.6 Å². The second kappa shape index (κ2) is 7.64. The quantitative estimate of drug-likeness (QED) is 0.668. The van der Waals surface area contributed by atoms with E-state index in [0.29, 0.717) is 11.2 Å². The van der Waals surface area contributed by atoms with Crippen molar-refractivity contribution in [2.45, 2.75) is 39.0 Å². The third kappa shape index (κ3) is 5.04. The highest BCUT2D eigenvalue weighted by Gasteiger charge is 2.18. The number of imidazole rings is 1. The van der Waals surface area contributed by atoms with Crippen LogP contribution in [0.2, 0.25) is 0 Å². The number of hydrogen-bond acceptors (Lipinski definition) is 8. The van der Waals surface area contributed by atoms with Crippen LogP contribution in [-0.2, 0) is 16.1 Å². The molecule has 0 aliphatic heterocycles. The topological polar surface area (TPSA) is 161 Å². The van der Waals surface area contributed by atoms with Crippen LogP contribution < -0.4 is 16.4 Å². The third-order valence-electron chi connectivity index (χ3n) is 3.09. The summed E-state index contributed by atoms with van der Waals surface area (Å²) in [5.41, 5.74) is 5.92. The van der Waals surface area contributed by atoms with Gasteiger partial charge in [0.2, 0.25) is 5.91 Å². The summed E-state index contributed by atoms with van der Waals surface area (Å²) in [4.78, 5) is 35.5. The molecule has 0 spiro atoms. The van der Waals surface area contributed by atoms with E-state index in [0.717, 1.165) is 0 Å². The maximum atomic E-state index is 11.9. The molecule has 0 bridgehead atoms. The van der Waals surface area contributed by atoms with Crippen molar-refractivity contribution < 1.29 is 14.3 Å². The Morgan fingerprint density at radius 1 is 1.38 bits per heavy atom. The number of nitrogens with two attached hydrogens (primary N) is 1. The number of carbonyl (C=O) groups excluding carboxylic acids is 2. The largest absolute Gasteiger partial charge is 0.444 e. The molecule has 2 aromatic heterocycles. The minimum Gasteiger partial charge on any atom is -0.444 e. The molecule has 0 radical (unpaired) electrons. The Morgan fingerprint density at radius 2 is 2.12 bits per heavy atom. The van der Waals surface area contributed by atoms with Crippen LogP contribution in [0.25, 0.3) is 11.2 Å². The number of rotatable bonds is 5. The fourth-order valence-corrected chi connectivity index (χ4v) is 2.06. The van der Waals surface area contributed by atoms with Crippen LogP contribution in [-0.4, -0.2) is 49.7 Å². The SMILES string of the molecule is CC(C)(C)OC(=O)NCC(=O)NC(C#N)Cn1cnc2c(N)ncnc21. The smallest absolute Gasteiger partial charge is 0.408 e. The van der Waals surface area contributed by atoms with Crippen LogP contribution >= 0.6 is 0 Å². The van der Waals surface area contributed by atoms with E-state index in [4.69, 9.17) is 10.5 Å². The standard InChI is InChI=1S/C15H20N8O3/c1-15(2,3)26-14(25)18-5-10(24)22-9(4-16)6-23-8-21-11-12(17)19-7-20-13(11)23/h7-9H,5-6H2,1-3H3,(H,18,25)(H,22,24)(H2,17,19,20). The number of anilines is 1. The number of hydrogen-bond donors (Lipinski definition) is 3. The highest BCUT2D eigenvalue weighted by molar-refractivity contribution is 5.83. The van der Waals surface area contributed by atoms with E-state index in [9.17, 15) is 14.9 Å². The van der Waals surface area contributed by atoms with Gasteiger partial charge in [0, 0.05) is 0 Å². The molecule has 2 heterocycles. The summed E-state index contributed by atoms with van der Waals surface area (Å²) >= 11 is 0. The average molecular weight is 360 g/mol. The van der Waals surface area contributed by atoms with Gasteiger partial charge in [-0.2, -0.15) is 5.26 Å². The highest BCUT2D eigenvalue weighted by atomic mass is 16.6. The van der Waals surface area contributed by atoms with Gasteiger partial charge in [-0.15, -0.1) is 0 Å². The molecule has 1 unspecified atom stereocenters. The molecule has 11 heteroatoms. The molecule has 0 aliphatic carbocycles. The van der Waals surface area contributed by atoms with Crippen molar-refractivity contribution in [2.75, 3.05) is 12.3 Å². The van der Waals surface area contributed by atoms with Gasteiger partial charge in [0.05, 0.1) is 18.9 Å². The van der Waals surface area contributed by atoms with Crippen LogP contribution in [0.3, 0.4) is 0 Å². The van der Waals surface area contributed by atoms with Gasteiger partial charge < -0.3 is 25.7 Å². The van der Waals surface area contributed by atoms with Gasteiger partial charge in [0.1, 0.15) is 30.0 Å². The number of fused-ring (bicyclic) bond motifs is 1. The molecule has 0 saturated heterocycles. The lowest BCUT2D eigenvalue weighted by molar-refractivity contribution is -0.120. The number of nitriles is 1. The number of carbonyl (C=O) groups is 2. The van der Waals surface area contributed by atoms with Crippen molar-refractivity contribution in [3.05, 3.63) is 12.7 Å². The highest BCUT2D eigenvalue weighted by Crippen LogP contribution is 2.14. The maximum Gasteiger partial charge on any atom is 0.408 e. The van der Waals surface area contributed by atoms with Gasteiger partial charge in [0.25, 0.3) is 0 Å². The van der Waals surface area contributed by atoms with Gasteiger partial charge in [-0.1, -0.05) is 0 Å². The Kier molecular flexibility index (Phi) is 5.56. The number of nitrogens with one attached hydrogen (secondary N) is 2. The first-order valence-electron chi connectivity index (χ1n) is 7.76. The Bertz CT molecular complexity index is 849. The molecule has 1 atom stereocenters. The van der Waals surface area contributed by atoms with Gasteiger partial charge in [0.15, 0.2) is 11.5 Å². The second-order valence-corrected chi connectivity index (χ2v) is 6.43. The van der Waals surface area contributed by atoms with Gasteiger partial charge in [-0.05, 0) is 20.8 Å². The zero-order valence-corrected chi connectivity index (χ0v) is 14.7. The maximum absolute atomic E-state index is 11.9. The summed E-state index contributed by atoms with van der Waals surface area (Å²) in [7, 11) is 0. The Labute approximate surface area is 149 Å². The number of aromatic nitrogens is 4. The minimum absolute atomic E-state index is 0.113. The van der Waals surface area contributed by atoms with Crippen molar-refractivity contribution in [2.24, 2.45) is 0 Å². The molecule has 0 aliphatic rings. The molecular formula is C15H20N8O3. The zero-order chi connectivity index (χ0) is 19.3. The van der Waals surface area contributed by atoms with Crippen LogP contribution in [0.5, 0.6) is 0 Å². The number of nitrogen functional groups attached to an aromatic ring is 1. The van der Waals surface area contributed by atoms with Gasteiger partial charge >= 0.3 is 6.09 Å². The predicted octanol–water partition coefficient (Wildman–Crippen LogP) is -0.0584. The molecular weight excluding hydrogens is 340 g/mol. The van der Waals surface area contributed by atoms with Crippen LogP contribution in [0.15, 0.2) is 12.7 Å². The number of alkyl carbamates (subject to hydrolysis) is 1. The van der Waals surface area contributed by atoms with E-state index in [1.807, 2.05) is 6.07 Å². The predicted molar refractivity (Wildman–Crippen MR) is 91.5 cm³/mol. The molecule has 2 aromatic rings. The first-order chi connectivity index (χ1) is 12.2. The van der Waals surface area contributed by atoms with E-state index < -0.39 is 23.6 Å². The summed E-state index contributed by atoms with van der Waals surface area (Å²) < 4.78 is 6.62. The number of amides is 2. The molecule has 11 nitrogen and oxygen atoms in total. The lowest BCUT2D eigenvalue weighted by Gasteiger charge is -2.19. The summed E-state index contributed by atoms with van der Waals surface area (Å²) in [6, 6.07) is 1.13. The molecule has 138 valence electrons. The number of nitrogens with zero attached hydrogens (tertiary/aromatic N) is 5. The lowest BCUT2D eigenvalue weighted by Crippen LogP contribution is -2.44. The molecule has 4 N–H and O–H groups in total. The number of ether oxygens (including phenoxy) is 1. The van der Waals surface area contributed by atoms with Crippen molar-refractivity contribution in [1.82, 2.24) is 30.2 Å². The average Bonchev–Trinajstić information content (AvgIpc) is 2.95. The Balaban J connectivity index is 1.92. The van der Waals surface area contributed by atoms with E-state index >= 15 is 0 Å². The van der Waals surface area contributed by atoms with Gasteiger partial charge in [-0.3, -0.25) is 4.79 Å². The molecule has 26 heavy (non-hydrogen) atoms. The Morgan fingerprint density at radius 3 is 2.77 bits per heavy atom. The summed E-state index contributed by atoms with van der Waals surface area (Å²) in [5, 5.41) is 14.1. The third-order valence-corrected chi connectivity index (χ3v) is 3.09. The monoisotopic (exact) mass is 360 g/mol. The van der Waals surface area contributed by atoms with Crippen molar-refractivity contribution in [3.8, 4) is 6.07 Å². The normalized spacial score (nSPS) is 12.2. The van der Waals surface area contributed by atoms with E-state index in [1.165, 1.54) is 12.7 Å². The van der Waals surface area contributed by atoms with E-state index in [-0.39, 0.29) is 18.9 Å². The first kappa shape index (κ1) is 18.9. The summed E-state index contributed by atoms with van der Waals surface area (Å²) in [5.74, 6) is -0.297. The van der Waals surface area contributed by atoms with Crippen LogP contribution in [0.1, 0.15) is 20.8 Å². The lowest BCUT2D eigenvalue weighted by atomic mass is 10.2. The zero-order valence-electron chi connectivity index (χ0n) is 14.7.